The minimum atomic E-state index is -0.453. The third kappa shape index (κ3) is 4.29. The molecule has 0 aliphatic carbocycles. The molecule has 3 rings (SSSR count). The lowest BCUT2D eigenvalue weighted by Crippen LogP contribution is -2.50. The molecule has 2 aromatic rings. The van der Waals surface area contributed by atoms with Crippen molar-refractivity contribution in [3.8, 4) is 11.5 Å². The summed E-state index contributed by atoms with van der Waals surface area (Å²) in [7, 11) is 0. The van der Waals surface area contributed by atoms with Gasteiger partial charge in [-0.05, 0) is 57.5 Å². The van der Waals surface area contributed by atoms with Gasteiger partial charge in [0.15, 0.2) is 0 Å². The molecule has 0 N–H and O–H groups in total. The monoisotopic (exact) mass is 340 g/mol. The third-order valence-corrected chi connectivity index (χ3v) is 4.07. The average molecular weight is 340 g/mol. The highest BCUT2D eigenvalue weighted by Crippen LogP contribution is 2.31. The second-order valence-corrected chi connectivity index (χ2v) is 7.34. The molecule has 1 aliphatic rings. The van der Waals surface area contributed by atoms with Crippen molar-refractivity contribution in [2.45, 2.75) is 39.2 Å². The summed E-state index contributed by atoms with van der Waals surface area (Å²) in [6, 6.07) is 11.8. The van der Waals surface area contributed by atoms with Crippen LogP contribution in [-0.4, -0.2) is 34.7 Å². The molecule has 0 bridgehead atoms. The van der Waals surface area contributed by atoms with E-state index in [1.54, 1.807) is 11.1 Å². The highest BCUT2D eigenvalue weighted by molar-refractivity contribution is 5.69. The van der Waals surface area contributed by atoms with Crippen molar-refractivity contribution in [1.82, 2.24) is 9.88 Å². The van der Waals surface area contributed by atoms with Crippen molar-refractivity contribution in [3.05, 3.63) is 53.9 Å². The van der Waals surface area contributed by atoms with Crippen molar-refractivity contribution in [1.29, 1.82) is 0 Å². The number of hydrogen-bond acceptors (Lipinski definition) is 4. The van der Waals surface area contributed by atoms with Crippen molar-refractivity contribution >= 4 is 6.09 Å². The van der Waals surface area contributed by atoms with Crippen LogP contribution in [0.1, 0.15) is 37.9 Å². The van der Waals surface area contributed by atoms with Gasteiger partial charge < -0.3 is 14.4 Å². The van der Waals surface area contributed by atoms with Gasteiger partial charge in [0.1, 0.15) is 17.1 Å². The van der Waals surface area contributed by atoms with E-state index in [9.17, 15) is 4.79 Å². The molecule has 1 fully saturated rings. The summed E-state index contributed by atoms with van der Waals surface area (Å²) in [6.45, 7) is 8.94. The van der Waals surface area contributed by atoms with Gasteiger partial charge in [0, 0.05) is 25.2 Å². The van der Waals surface area contributed by atoms with Crippen LogP contribution in [0.25, 0.3) is 0 Å². The Kier molecular flexibility index (Phi) is 4.66. The highest BCUT2D eigenvalue weighted by Gasteiger charge is 2.34. The zero-order valence-electron chi connectivity index (χ0n) is 15.2. The number of carbonyl (C=O) groups excluding carboxylic acids is 1. The van der Waals surface area contributed by atoms with E-state index in [0.29, 0.717) is 19.0 Å². The molecule has 0 radical (unpaired) electrons. The van der Waals surface area contributed by atoms with Gasteiger partial charge in [0.25, 0.3) is 0 Å². The number of likely N-dealkylation sites (tertiary alicyclic amines) is 1. The molecular formula is C20H24N2O3. The van der Waals surface area contributed by atoms with Crippen molar-refractivity contribution in [3.63, 3.8) is 0 Å². The fourth-order valence-electron chi connectivity index (χ4n) is 2.68. The number of carbonyl (C=O) groups is 1. The first kappa shape index (κ1) is 17.3. The number of amides is 1. The number of nitrogens with zero attached hydrogens (tertiary/aromatic N) is 2. The van der Waals surface area contributed by atoms with Gasteiger partial charge in [0.2, 0.25) is 0 Å². The number of hydrogen-bond donors (Lipinski definition) is 0. The Bertz CT molecular complexity index is 744. The maximum absolute atomic E-state index is 12.0. The van der Waals surface area contributed by atoms with Gasteiger partial charge in [0.05, 0.1) is 5.69 Å². The lowest BCUT2D eigenvalue weighted by molar-refractivity contribution is 0.00819. The van der Waals surface area contributed by atoms with Crippen LogP contribution in [0.5, 0.6) is 11.5 Å². The minimum absolute atomic E-state index is 0.240. The van der Waals surface area contributed by atoms with Crippen molar-refractivity contribution in [2.24, 2.45) is 0 Å². The summed E-state index contributed by atoms with van der Waals surface area (Å²) in [5.74, 6) is 1.89. The van der Waals surface area contributed by atoms with Crippen LogP contribution in [-0.2, 0) is 4.74 Å². The molecule has 0 atom stereocenters. The van der Waals surface area contributed by atoms with Gasteiger partial charge in [-0.1, -0.05) is 12.1 Å². The van der Waals surface area contributed by atoms with E-state index in [1.807, 2.05) is 52.0 Å². The number of benzene rings is 1. The quantitative estimate of drug-likeness (QED) is 0.824. The standard InChI is InChI=1S/C20H24N2O3/c1-14-18(6-5-11-21-14)24-17-9-7-15(8-10-17)16-12-22(13-16)19(23)25-20(2,3)4/h5-11,16H,12-13H2,1-4H3. The first-order valence-electron chi connectivity index (χ1n) is 8.49. The maximum Gasteiger partial charge on any atom is 0.410 e. The van der Waals surface area contributed by atoms with Crippen LogP contribution in [0.3, 0.4) is 0 Å². The number of pyridine rings is 1. The second kappa shape index (κ2) is 6.75. The van der Waals surface area contributed by atoms with Crippen molar-refractivity contribution < 1.29 is 14.3 Å². The second-order valence-electron chi connectivity index (χ2n) is 7.34. The fraction of sp³-hybridized carbons (Fsp3) is 0.400. The van der Waals surface area contributed by atoms with Crippen molar-refractivity contribution in [2.75, 3.05) is 13.1 Å². The largest absolute Gasteiger partial charge is 0.455 e. The zero-order valence-corrected chi connectivity index (χ0v) is 15.2. The topological polar surface area (TPSA) is 51.7 Å². The molecule has 5 nitrogen and oxygen atoms in total. The van der Waals surface area contributed by atoms with Crippen LogP contribution in [0, 0.1) is 6.92 Å². The first-order valence-corrected chi connectivity index (χ1v) is 8.49. The maximum atomic E-state index is 12.0. The SMILES string of the molecule is Cc1ncccc1Oc1ccc(C2CN(C(=O)OC(C)(C)C)C2)cc1. The van der Waals surface area contributed by atoms with Crippen LogP contribution in [0.4, 0.5) is 4.79 Å². The van der Waals surface area contributed by atoms with Gasteiger partial charge in [-0.15, -0.1) is 0 Å². The Balaban J connectivity index is 1.56. The predicted octanol–water partition coefficient (Wildman–Crippen LogP) is 4.52. The molecule has 1 amide bonds. The van der Waals surface area contributed by atoms with Crippen LogP contribution < -0.4 is 4.74 Å². The smallest absolute Gasteiger partial charge is 0.410 e. The van der Waals surface area contributed by atoms with Gasteiger partial charge in [-0.25, -0.2) is 4.79 Å². The first-order chi connectivity index (χ1) is 11.8. The molecule has 25 heavy (non-hydrogen) atoms. The molecule has 1 aromatic heterocycles. The number of aromatic nitrogens is 1. The van der Waals surface area contributed by atoms with E-state index in [0.717, 1.165) is 17.2 Å². The predicted molar refractivity (Wildman–Crippen MR) is 96.0 cm³/mol. The highest BCUT2D eigenvalue weighted by atomic mass is 16.6. The Hall–Kier alpha value is -2.56. The van der Waals surface area contributed by atoms with E-state index in [2.05, 4.69) is 17.1 Å². The molecule has 1 aromatic carbocycles. The van der Waals surface area contributed by atoms with Crippen LogP contribution in [0.2, 0.25) is 0 Å². The summed E-state index contributed by atoms with van der Waals surface area (Å²) in [4.78, 5) is 17.9. The Labute approximate surface area is 148 Å². The summed E-state index contributed by atoms with van der Waals surface area (Å²) in [5, 5.41) is 0. The third-order valence-electron chi connectivity index (χ3n) is 4.07. The van der Waals surface area contributed by atoms with Gasteiger partial charge in [-0.3, -0.25) is 4.98 Å². The summed E-state index contributed by atoms with van der Waals surface area (Å²) >= 11 is 0. The molecule has 2 heterocycles. The zero-order chi connectivity index (χ0) is 18.0. The Morgan fingerprint density at radius 2 is 1.84 bits per heavy atom. The molecular weight excluding hydrogens is 316 g/mol. The Morgan fingerprint density at radius 3 is 2.44 bits per heavy atom. The lowest BCUT2D eigenvalue weighted by Gasteiger charge is -2.40. The molecule has 0 spiro atoms. The van der Waals surface area contributed by atoms with Gasteiger partial charge in [-0.2, -0.15) is 0 Å². The molecule has 0 saturated carbocycles. The number of ether oxygens (including phenoxy) is 2. The molecule has 1 saturated heterocycles. The summed E-state index contributed by atoms with van der Waals surface area (Å²) in [6.07, 6.45) is 1.51. The van der Waals surface area contributed by atoms with E-state index in [4.69, 9.17) is 9.47 Å². The van der Waals surface area contributed by atoms with Crippen LogP contribution >= 0.6 is 0 Å². The fourth-order valence-corrected chi connectivity index (χ4v) is 2.68. The molecule has 5 heteroatoms. The van der Waals surface area contributed by atoms with E-state index >= 15 is 0 Å². The van der Waals surface area contributed by atoms with E-state index in [1.165, 1.54) is 5.56 Å². The number of rotatable bonds is 3. The van der Waals surface area contributed by atoms with Crippen LogP contribution in [0.15, 0.2) is 42.6 Å². The van der Waals surface area contributed by atoms with Gasteiger partial charge >= 0.3 is 6.09 Å². The summed E-state index contributed by atoms with van der Waals surface area (Å²) in [5.41, 5.74) is 1.61. The Morgan fingerprint density at radius 1 is 1.16 bits per heavy atom. The average Bonchev–Trinajstić information content (AvgIpc) is 2.48. The molecule has 132 valence electrons. The van der Waals surface area contributed by atoms with E-state index < -0.39 is 5.60 Å². The minimum Gasteiger partial charge on any atom is -0.455 e. The molecule has 0 unspecified atom stereocenters. The lowest BCUT2D eigenvalue weighted by atomic mass is 9.92. The normalized spacial score (nSPS) is 14.8. The number of aryl methyl sites for hydroxylation is 1. The molecule has 1 aliphatic heterocycles. The van der Waals surface area contributed by atoms with E-state index in [-0.39, 0.29) is 6.09 Å². The summed E-state index contributed by atoms with van der Waals surface area (Å²) < 4.78 is 11.2.